The van der Waals surface area contributed by atoms with Crippen LogP contribution in [0.25, 0.3) is 0 Å². The van der Waals surface area contributed by atoms with E-state index in [1.54, 1.807) is 0 Å². The summed E-state index contributed by atoms with van der Waals surface area (Å²) < 4.78 is 11.3. The second kappa shape index (κ2) is 6.02. The van der Waals surface area contributed by atoms with E-state index in [1.165, 1.54) is 24.9 Å². The van der Waals surface area contributed by atoms with Gasteiger partial charge in [0.1, 0.15) is 13.2 Å². The van der Waals surface area contributed by atoms with Crippen molar-refractivity contribution in [1.82, 2.24) is 10.2 Å². The van der Waals surface area contributed by atoms with Crippen LogP contribution in [-0.4, -0.2) is 44.3 Å². The summed E-state index contributed by atoms with van der Waals surface area (Å²) in [5.41, 5.74) is 1.32. The van der Waals surface area contributed by atoms with E-state index >= 15 is 0 Å². The summed E-state index contributed by atoms with van der Waals surface area (Å²) >= 11 is 0. The highest BCUT2D eigenvalue weighted by molar-refractivity contribution is 5.44. The average Bonchev–Trinajstić information content (AvgIpc) is 2.94. The van der Waals surface area contributed by atoms with E-state index in [4.69, 9.17) is 9.47 Å². The lowest BCUT2D eigenvalue weighted by molar-refractivity contribution is 0.168. The van der Waals surface area contributed by atoms with Crippen LogP contribution in [0.4, 0.5) is 0 Å². The number of ether oxygens (including phenoxy) is 2. The van der Waals surface area contributed by atoms with Gasteiger partial charge in [-0.25, -0.2) is 0 Å². The molecule has 1 fully saturated rings. The van der Waals surface area contributed by atoms with Gasteiger partial charge in [0, 0.05) is 18.6 Å². The minimum atomic E-state index is 0.423. The molecule has 0 amide bonds. The maximum absolute atomic E-state index is 5.70. The number of fused-ring (bicyclic) bond motifs is 1. The molecule has 3 rings (SSSR count). The zero-order valence-electron chi connectivity index (χ0n) is 12.4. The molecule has 2 atom stereocenters. The zero-order chi connectivity index (χ0) is 13.9. The van der Waals surface area contributed by atoms with Crippen LogP contribution < -0.4 is 14.8 Å². The smallest absolute Gasteiger partial charge is 0.161 e. The molecule has 2 unspecified atom stereocenters. The molecule has 2 aliphatic heterocycles. The standard InChI is InChI=1S/C16H24N2O2/c1-12(18-7-3-4-14(18)11-17-2)13-5-6-15-16(10-13)20-9-8-19-15/h5-6,10,12,14,17H,3-4,7-9,11H2,1-2H3. The first-order chi connectivity index (χ1) is 9.79. The number of rotatable bonds is 4. The molecule has 2 heterocycles. The summed E-state index contributed by atoms with van der Waals surface area (Å²) in [6, 6.07) is 7.43. The van der Waals surface area contributed by atoms with Gasteiger partial charge in [0.25, 0.3) is 0 Å². The second-order valence-corrected chi connectivity index (χ2v) is 5.67. The van der Waals surface area contributed by atoms with E-state index in [2.05, 4.69) is 29.3 Å². The molecular formula is C16H24N2O2. The molecule has 0 aliphatic carbocycles. The molecule has 0 bridgehead atoms. The fraction of sp³-hybridized carbons (Fsp3) is 0.625. The molecule has 110 valence electrons. The molecule has 1 saturated heterocycles. The Morgan fingerprint density at radius 2 is 2.10 bits per heavy atom. The SMILES string of the molecule is CNCC1CCCN1C(C)c1ccc2c(c1)OCCO2. The van der Waals surface area contributed by atoms with Crippen LogP contribution >= 0.6 is 0 Å². The molecule has 0 radical (unpaired) electrons. The van der Waals surface area contributed by atoms with Crippen LogP contribution in [0.1, 0.15) is 31.4 Å². The molecule has 0 saturated carbocycles. The fourth-order valence-electron chi connectivity index (χ4n) is 3.33. The topological polar surface area (TPSA) is 33.7 Å². The van der Waals surface area contributed by atoms with Crippen molar-refractivity contribution in [2.45, 2.75) is 31.8 Å². The number of likely N-dealkylation sites (N-methyl/N-ethyl adjacent to an activating group) is 1. The van der Waals surface area contributed by atoms with Crippen molar-refractivity contribution < 1.29 is 9.47 Å². The van der Waals surface area contributed by atoms with Crippen LogP contribution in [-0.2, 0) is 0 Å². The number of hydrogen-bond donors (Lipinski definition) is 1. The molecule has 1 aromatic rings. The Bertz CT molecular complexity index is 464. The van der Waals surface area contributed by atoms with Crippen molar-refractivity contribution in [2.75, 3.05) is 33.4 Å². The van der Waals surface area contributed by atoms with Crippen LogP contribution in [0, 0.1) is 0 Å². The summed E-state index contributed by atoms with van der Waals surface area (Å²) in [7, 11) is 2.03. The lowest BCUT2D eigenvalue weighted by Gasteiger charge is -2.31. The summed E-state index contributed by atoms with van der Waals surface area (Å²) in [5, 5.41) is 3.31. The van der Waals surface area contributed by atoms with E-state index in [0.29, 0.717) is 25.3 Å². The van der Waals surface area contributed by atoms with E-state index in [9.17, 15) is 0 Å². The predicted molar refractivity (Wildman–Crippen MR) is 79.5 cm³/mol. The molecular weight excluding hydrogens is 252 g/mol. The molecule has 0 aromatic heterocycles. The van der Waals surface area contributed by atoms with E-state index in [1.807, 2.05) is 13.1 Å². The van der Waals surface area contributed by atoms with Gasteiger partial charge in [0.05, 0.1) is 0 Å². The number of nitrogens with one attached hydrogen (secondary N) is 1. The predicted octanol–water partition coefficient (Wildman–Crippen LogP) is 2.20. The Kier molecular flexibility index (Phi) is 4.13. The van der Waals surface area contributed by atoms with Crippen LogP contribution in [0.5, 0.6) is 11.5 Å². The lowest BCUT2D eigenvalue weighted by Crippen LogP contribution is -2.38. The maximum atomic E-state index is 5.70. The zero-order valence-corrected chi connectivity index (χ0v) is 12.4. The van der Waals surface area contributed by atoms with Gasteiger partial charge < -0.3 is 14.8 Å². The minimum absolute atomic E-state index is 0.423. The first-order valence-electron chi connectivity index (χ1n) is 7.59. The third-order valence-electron chi connectivity index (χ3n) is 4.41. The molecule has 4 nitrogen and oxygen atoms in total. The molecule has 1 N–H and O–H groups in total. The number of benzene rings is 1. The summed E-state index contributed by atoms with van der Waals surface area (Å²) in [4.78, 5) is 2.60. The Hall–Kier alpha value is -1.26. The van der Waals surface area contributed by atoms with E-state index in [0.717, 1.165) is 18.0 Å². The quantitative estimate of drug-likeness (QED) is 0.914. The highest BCUT2D eigenvalue weighted by atomic mass is 16.6. The number of hydrogen-bond acceptors (Lipinski definition) is 4. The molecule has 0 spiro atoms. The monoisotopic (exact) mass is 276 g/mol. The van der Waals surface area contributed by atoms with Gasteiger partial charge in [-0.1, -0.05) is 6.07 Å². The van der Waals surface area contributed by atoms with Gasteiger partial charge in [-0.3, -0.25) is 4.90 Å². The minimum Gasteiger partial charge on any atom is -0.486 e. The third-order valence-corrected chi connectivity index (χ3v) is 4.41. The van der Waals surface area contributed by atoms with Crippen LogP contribution in [0.3, 0.4) is 0 Å². The summed E-state index contributed by atoms with van der Waals surface area (Å²) in [5.74, 6) is 1.77. The fourth-order valence-corrected chi connectivity index (χ4v) is 3.33. The van der Waals surface area contributed by atoms with Crippen LogP contribution in [0.2, 0.25) is 0 Å². The number of nitrogens with zero attached hydrogens (tertiary/aromatic N) is 1. The molecule has 2 aliphatic rings. The van der Waals surface area contributed by atoms with Crippen molar-refractivity contribution in [2.24, 2.45) is 0 Å². The largest absolute Gasteiger partial charge is 0.486 e. The first kappa shape index (κ1) is 13.7. The van der Waals surface area contributed by atoms with Crippen molar-refractivity contribution in [3.63, 3.8) is 0 Å². The Labute approximate surface area is 121 Å². The lowest BCUT2D eigenvalue weighted by atomic mass is 10.0. The highest BCUT2D eigenvalue weighted by Gasteiger charge is 2.29. The van der Waals surface area contributed by atoms with Crippen molar-refractivity contribution in [1.29, 1.82) is 0 Å². The average molecular weight is 276 g/mol. The Balaban J connectivity index is 1.77. The van der Waals surface area contributed by atoms with Crippen molar-refractivity contribution >= 4 is 0 Å². The van der Waals surface area contributed by atoms with E-state index < -0.39 is 0 Å². The van der Waals surface area contributed by atoms with Gasteiger partial charge in [-0.05, 0) is 51.1 Å². The normalized spacial score (nSPS) is 23.8. The van der Waals surface area contributed by atoms with Gasteiger partial charge in [-0.2, -0.15) is 0 Å². The maximum Gasteiger partial charge on any atom is 0.161 e. The van der Waals surface area contributed by atoms with Crippen molar-refractivity contribution in [3.8, 4) is 11.5 Å². The van der Waals surface area contributed by atoms with Gasteiger partial charge in [-0.15, -0.1) is 0 Å². The second-order valence-electron chi connectivity index (χ2n) is 5.67. The summed E-state index contributed by atoms with van der Waals surface area (Å²) in [6.07, 6.45) is 2.58. The van der Waals surface area contributed by atoms with Crippen LogP contribution in [0.15, 0.2) is 18.2 Å². The molecule has 1 aromatic carbocycles. The van der Waals surface area contributed by atoms with E-state index in [-0.39, 0.29) is 0 Å². The Morgan fingerprint density at radius 3 is 2.90 bits per heavy atom. The molecule has 4 heteroatoms. The Morgan fingerprint density at radius 1 is 1.30 bits per heavy atom. The molecule has 20 heavy (non-hydrogen) atoms. The van der Waals surface area contributed by atoms with Gasteiger partial charge >= 0.3 is 0 Å². The third kappa shape index (κ3) is 2.63. The van der Waals surface area contributed by atoms with Gasteiger partial charge in [0.2, 0.25) is 0 Å². The van der Waals surface area contributed by atoms with Crippen molar-refractivity contribution in [3.05, 3.63) is 23.8 Å². The number of likely N-dealkylation sites (tertiary alicyclic amines) is 1. The highest BCUT2D eigenvalue weighted by Crippen LogP contribution is 2.35. The summed E-state index contributed by atoms with van der Waals surface area (Å²) in [6.45, 7) is 5.84. The first-order valence-corrected chi connectivity index (χ1v) is 7.59. The van der Waals surface area contributed by atoms with Gasteiger partial charge in [0.15, 0.2) is 11.5 Å².